The molecule has 0 saturated heterocycles. The van der Waals surface area contributed by atoms with Gasteiger partial charge in [-0.1, -0.05) is 0 Å². The zero-order chi connectivity index (χ0) is 20.3. The second-order valence-electron chi connectivity index (χ2n) is 6.09. The first kappa shape index (κ1) is 19.8. The Kier molecular flexibility index (Phi) is 5.93. The lowest BCUT2D eigenvalue weighted by Gasteiger charge is -2.17. The number of carbonyl (C=O) groups excluding carboxylic acids is 2. The van der Waals surface area contributed by atoms with Crippen molar-refractivity contribution in [1.82, 2.24) is 9.88 Å². The summed E-state index contributed by atoms with van der Waals surface area (Å²) in [6.07, 6.45) is 3.40. The molecular weight excluding hydrogens is 384 g/mol. The Hall–Kier alpha value is -2.94. The molecule has 0 aliphatic carbocycles. The van der Waals surface area contributed by atoms with Gasteiger partial charge in [0, 0.05) is 18.0 Å². The van der Waals surface area contributed by atoms with Crippen LogP contribution in [0.15, 0.2) is 35.3 Å². The van der Waals surface area contributed by atoms with Crippen LogP contribution in [0.25, 0.3) is 5.69 Å². The van der Waals surface area contributed by atoms with Gasteiger partial charge in [0.2, 0.25) is 6.79 Å². The van der Waals surface area contributed by atoms with Crippen molar-refractivity contribution in [3.63, 3.8) is 0 Å². The average Bonchev–Trinajstić information content (AvgIpc) is 3.15. The van der Waals surface area contributed by atoms with Crippen LogP contribution >= 0.6 is 11.8 Å². The minimum absolute atomic E-state index is 0.0322. The molecule has 1 atom stereocenters. The SMILES string of the molecule is COC(=O)[C@H](CSC)NC(=O)c1c(C)ccn(-c2ccc3c(c2)OCO3)c1=O. The van der Waals surface area contributed by atoms with E-state index in [0.29, 0.717) is 28.5 Å². The molecule has 3 rings (SSSR count). The fraction of sp³-hybridized carbons (Fsp3) is 0.316. The molecule has 1 aliphatic heterocycles. The zero-order valence-corrected chi connectivity index (χ0v) is 16.5. The lowest BCUT2D eigenvalue weighted by molar-refractivity contribution is -0.142. The molecule has 2 heterocycles. The molecule has 1 aromatic carbocycles. The second-order valence-corrected chi connectivity index (χ2v) is 7.00. The number of hydrogen-bond acceptors (Lipinski definition) is 7. The fourth-order valence-corrected chi connectivity index (χ4v) is 3.40. The minimum Gasteiger partial charge on any atom is -0.467 e. The van der Waals surface area contributed by atoms with E-state index in [0.717, 1.165) is 0 Å². The Morgan fingerprint density at radius 3 is 2.75 bits per heavy atom. The number of benzene rings is 1. The topological polar surface area (TPSA) is 95.9 Å². The molecule has 28 heavy (non-hydrogen) atoms. The number of aryl methyl sites for hydroxylation is 1. The Balaban J connectivity index is 1.96. The lowest BCUT2D eigenvalue weighted by Crippen LogP contribution is -2.45. The van der Waals surface area contributed by atoms with Gasteiger partial charge in [-0.05, 0) is 36.9 Å². The number of amides is 1. The smallest absolute Gasteiger partial charge is 0.329 e. The predicted molar refractivity (Wildman–Crippen MR) is 105 cm³/mol. The molecule has 2 aromatic rings. The molecule has 0 saturated carbocycles. The maximum absolute atomic E-state index is 13.0. The summed E-state index contributed by atoms with van der Waals surface area (Å²) in [5.74, 6) is 0.275. The molecule has 1 aliphatic rings. The van der Waals surface area contributed by atoms with Gasteiger partial charge in [0.25, 0.3) is 11.5 Å². The highest BCUT2D eigenvalue weighted by atomic mass is 32.2. The first-order valence-electron chi connectivity index (χ1n) is 8.46. The summed E-state index contributed by atoms with van der Waals surface area (Å²) in [5.41, 5.74) is 0.517. The maximum atomic E-state index is 13.0. The van der Waals surface area contributed by atoms with E-state index in [1.54, 1.807) is 37.4 Å². The van der Waals surface area contributed by atoms with E-state index >= 15 is 0 Å². The third-order valence-electron chi connectivity index (χ3n) is 4.29. The number of nitrogens with zero attached hydrogens (tertiary/aromatic N) is 1. The number of hydrogen-bond donors (Lipinski definition) is 1. The molecule has 1 aromatic heterocycles. The summed E-state index contributed by atoms with van der Waals surface area (Å²) in [6, 6.07) is 5.91. The average molecular weight is 404 g/mol. The van der Waals surface area contributed by atoms with Crippen molar-refractivity contribution < 1.29 is 23.8 Å². The van der Waals surface area contributed by atoms with Crippen molar-refractivity contribution in [2.75, 3.05) is 25.9 Å². The van der Waals surface area contributed by atoms with Crippen LogP contribution in [-0.2, 0) is 9.53 Å². The Bertz CT molecular complexity index is 971. The number of aromatic nitrogens is 1. The summed E-state index contributed by atoms with van der Waals surface area (Å²) >= 11 is 1.39. The van der Waals surface area contributed by atoms with Crippen molar-refractivity contribution >= 4 is 23.6 Å². The molecule has 8 nitrogen and oxygen atoms in total. The number of carbonyl (C=O) groups is 2. The van der Waals surface area contributed by atoms with Gasteiger partial charge in [-0.25, -0.2) is 4.79 Å². The van der Waals surface area contributed by atoms with E-state index in [2.05, 4.69) is 5.32 Å². The molecule has 0 unspecified atom stereocenters. The van der Waals surface area contributed by atoms with E-state index in [1.807, 2.05) is 6.26 Å². The quantitative estimate of drug-likeness (QED) is 0.729. The van der Waals surface area contributed by atoms with E-state index in [9.17, 15) is 14.4 Å². The fourth-order valence-electron chi connectivity index (χ4n) is 2.85. The van der Waals surface area contributed by atoms with Crippen LogP contribution in [0.4, 0.5) is 0 Å². The van der Waals surface area contributed by atoms with Crippen LogP contribution < -0.4 is 20.3 Å². The highest BCUT2D eigenvalue weighted by molar-refractivity contribution is 7.98. The first-order valence-corrected chi connectivity index (χ1v) is 9.85. The number of esters is 1. The highest BCUT2D eigenvalue weighted by Gasteiger charge is 2.25. The maximum Gasteiger partial charge on any atom is 0.329 e. The second kappa shape index (κ2) is 8.39. The van der Waals surface area contributed by atoms with Crippen molar-refractivity contribution in [3.8, 4) is 17.2 Å². The van der Waals surface area contributed by atoms with Gasteiger partial charge in [-0.3, -0.25) is 14.2 Å². The molecule has 0 radical (unpaired) electrons. The summed E-state index contributed by atoms with van der Waals surface area (Å²) in [6.45, 7) is 1.79. The van der Waals surface area contributed by atoms with E-state index in [-0.39, 0.29) is 12.4 Å². The molecule has 1 N–H and O–H groups in total. The Labute approximate surface area is 165 Å². The molecule has 0 fully saturated rings. The van der Waals surface area contributed by atoms with Crippen LogP contribution in [0.2, 0.25) is 0 Å². The number of ether oxygens (including phenoxy) is 3. The van der Waals surface area contributed by atoms with E-state index < -0.39 is 23.5 Å². The Morgan fingerprint density at radius 2 is 2.04 bits per heavy atom. The molecule has 148 valence electrons. The van der Waals surface area contributed by atoms with Gasteiger partial charge < -0.3 is 19.5 Å². The predicted octanol–water partition coefficient (Wildman–Crippen LogP) is 1.51. The lowest BCUT2D eigenvalue weighted by atomic mass is 10.1. The zero-order valence-electron chi connectivity index (χ0n) is 15.7. The van der Waals surface area contributed by atoms with Gasteiger partial charge in [-0.2, -0.15) is 11.8 Å². The van der Waals surface area contributed by atoms with E-state index in [4.69, 9.17) is 14.2 Å². The first-order chi connectivity index (χ1) is 13.5. The number of methoxy groups -OCH3 is 1. The van der Waals surface area contributed by atoms with Gasteiger partial charge in [0.15, 0.2) is 11.5 Å². The minimum atomic E-state index is -0.842. The largest absolute Gasteiger partial charge is 0.467 e. The van der Waals surface area contributed by atoms with Gasteiger partial charge in [0.1, 0.15) is 11.6 Å². The van der Waals surface area contributed by atoms with Gasteiger partial charge in [0.05, 0.1) is 12.8 Å². The third kappa shape index (κ3) is 3.84. The van der Waals surface area contributed by atoms with Crippen molar-refractivity contribution in [2.24, 2.45) is 0 Å². The van der Waals surface area contributed by atoms with Gasteiger partial charge >= 0.3 is 5.97 Å². The molecule has 0 bridgehead atoms. The molecule has 1 amide bonds. The number of nitrogens with one attached hydrogen (secondary N) is 1. The van der Waals surface area contributed by atoms with Crippen LogP contribution in [0.5, 0.6) is 11.5 Å². The Morgan fingerprint density at radius 1 is 1.29 bits per heavy atom. The summed E-state index contributed by atoms with van der Waals surface area (Å²) in [7, 11) is 1.25. The van der Waals surface area contributed by atoms with Crippen molar-refractivity contribution in [1.29, 1.82) is 0 Å². The number of rotatable bonds is 6. The summed E-state index contributed by atoms with van der Waals surface area (Å²) in [4.78, 5) is 37.7. The number of thioether (sulfide) groups is 1. The van der Waals surface area contributed by atoms with E-state index in [1.165, 1.54) is 23.4 Å². The number of pyridine rings is 1. The third-order valence-corrected chi connectivity index (χ3v) is 4.95. The van der Waals surface area contributed by atoms with Crippen LogP contribution in [0.1, 0.15) is 15.9 Å². The molecular formula is C19H20N2O6S. The number of fused-ring (bicyclic) bond motifs is 1. The van der Waals surface area contributed by atoms with Crippen LogP contribution in [0.3, 0.4) is 0 Å². The van der Waals surface area contributed by atoms with Crippen LogP contribution in [-0.4, -0.2) is 48.4 Å². The molecule has 0 spiro atoms. The summed E-state index contributed by atoms with van der Waals surface area (Å²) in [5, 5.41) is 2.59. The highest BCUT2D eigenvalue weighted by Crippen LogP contribution is 2.33. The standard InChI is InChI=1S/C19H20N2O6S/c1-11-6-7-21(12-4-5-14-15(8-12)27-10-26-14)18(23)16(11)17(22)20-13(9-28-3)19(24)25-2/h4-8,13H,9-10H2,1-3H3,(H,20,22)/t13-/m0/s1. The molecule has 9 heteroatoms. The summed E-state index contributed by atoms with van der Waals surface area (Å²) < 4.78 is 16.7. The normalized spacial score (nSPS) is 13.1. The monoisotopic (exact) mass is 404 g/mol. The van der Waals surface area contributed by atoms with Crippen molar-refractivity contribution in [2.45, 2.75) is 13.0 Å². The van der Waals surface area contributed by atoms with Crippen molar-refractivity contribution in [3.05, 3.63) is 51.9 Å². The van der Waals surface area contributed by atoms with Crippen LogP contribution in [0, 0.1) is 6.92 Å². The van der Waals surface area contributed by atoms with Gasteiger partial charge in [-0.15, -0.1) is 0 Å².